The highest BCUT2D eigenvalue weighted by atomic mass is 35.5. The zero-order valence-electron chi connectivity index (χ0n) is 7.83. The molecule has 0 N–H and O–H groups in total. The van der Waals surface area contributed by atoms with Gasteiger partial charge < -0.3 is 0 Å². The lowest BCUT2D eigenvalue weighted by Gasteiger charge is -1.99. The van der Waals surface area contributed by atoms with Gasteiger partial charge in [-0.2, -0.15) is 4.80 Å². The molecule has 7 nitrogen and oxygen atoms in total. The lowest BCUT2D eigenvalue weighted by atomic mass is 10.5. The Morgan fingerprint density at radius 3 is 2.93 bits per heavy atom. The molecule has 15 heavy (non-hydrogen) atoms. The fraction of sp³-hybridized carbons (Fsp3) is 0.286. The van der Waals surface area contributed by atoms with E-state index in [9.17, 15) is 4.79 Å². The Kier molecular flexibility index (Phi) is 2.46. The molecule has 0 aromatic carbocycles. The third kappa shape index (κ3) is 2.18. The maximum absolute atomic E-state index is 11.4. The summed E-state index contributed by atoms with van der Waals surface area (Å²) in [4.78, 5) is 16.5. The van der Waals surface area contributed by atoms with Crippen LogP contribution in [-0.2, 0) is 13.6 Å². The van der Waals surface area contributed by atoms with Crippen molar-refractivity contribution in [3.63, 3.8) is 0 Å². The number of hydrogen-bond acceptors (Lipinski definition) is 5. The highest BCUT2D eigenvalue weighted by Crippen LogP contribution is 1.97. The minimum absolute atomic E-state index is 0.170. The first-order chi connectivity index (χ1) is 7.15. The van der Waals surface area contributed by atoms with Gasteiger partial charge in [0.2, 0.25) is 0 Å². The fourth-order valence-electron chi connectivity index (χ4n) is 1.06. The summed E-state index contributed by atoms with van der Waals surface area (Å²) in [5, 5.41) is 11.5. The van der Waals surface area contributed by atoms with E-state index in [1.807, 2.05) is 0 Å². The topological polar surface area (TPSA) is 78.5 Å². The van der Waals surface area contributed by atoms with Crippen molar-refractivity contribution >= 4 is 11.6 Å². The molecule has 2 aromatic heterocycles. The van der Waals surface area contributed by atoms with Crippen molar-refractivity contribution in [3.8, 4) is 0 Å². The summed E-state index contributed by atoms with van der Waals surface area (Å²) >= 11 is 5.55. The van der Waals surface area contributed by atoms with Crippen LogP contribution >= 0.6 is 11.6 Å². The molecule has 0 aliphatic heterocycles. The monoisotopic (exact) mass is 226 g/mol. The Morgan fingerprint density at radius 1 is 1.53 bits per heavy atom. The molecule has 0 aliphatic carbocycles. The second-order valence-electron chi connectivity index (χ2n) is 2.87. The number of tetrazole rings is 1. The van der Waals surface area contributed by atoms with Gasteiger partial charge in [-0.05, 0) is 5.21 Å². The van der Waals surface area contributed by atoms with Gasteiger partial charge in [-0.25, -0.2) is 4.98 Å². The van der Waals surface area contributed by atoms with E-state index in [1.54, 1.807) is 7.05 Å². The van der Waals surface area contributed by atoms with Crippen LogP contribution in [0.15, 0.2) is 17.2 Å². The van der Waals surface area contributed by atoms with Crippen molar-refractivity contribution in [2.75, 3.05) is 0 Å². The molecule has 78 valence electrons. The number of hydrogen-bond donors (Lipinski definition) is 0. The van der Waals surface area contributed by atoms with Crippen LogP contribution < -0.4 is 5.56 Å². The van der Waals surface area contributed by atoms with Crippen molar-refractivity contribution in [1.82, 2.24) is 29.8 Å². The van der Waals surface area contributed by atoms with Gasteiger partial charge in [0.15, 0.2) is 5.82 Å². The van der Waals surface area contributed by atoms with E-state index in [0.717, 1.165) is 0 Å². The van der Waals surface area contributed by atoms with E-state index in [4.69, 9.17) is 11.6 Å². The smallest absolute Gasteiger partial charge is 0.255 e. The summed E-state index contributed by atoms with van der Waals surface area (Å²) in [5.41, 5.74) is -0.248. The molecule has 0 unspecified atom stereocenters. The standard InChI is InChI=1S/C7H7ClN6O/c1-13-11-6(10-12-13)3-14-4-9-5(8)2-7(14)15/h2,4H,3H2,1H3. The predicted octanol–water partition coefficient (Wildman–Crippen LogP) is -0.532. The molecule has 0 radical (unpaired) electrons. The third-order valence-electron chi connectivity index (χ3n) is 1.71. The zero-order valence-corrected chi connectivity index (χ0v) is 8.59. The number of aromatic nitrogens is 6. The van der Waals surface area contributed by atoms with Crippen LogP contribution in [-0.4, -0.2) is 29.8 Å². The Bertz CT molecular complexity index is 532. The average Bonchev–Trinajstić information content (AvgIpc) is 2.56. The molecule has 0 fully saturated rings. The molecule has 0 saturated heterocycles. The Balaban J connectivity index is 2.28. The molecule has 0 aliphatic rings. The summed E-state index contributed by atoms with van der Waals surface area (Å²) in [6.45, 7) is 0.233. The van der Waals surface area contributed by atoms with Crippen LogP contribution in [0.4, 0.5) is 0 Å². The Morgan fingerprint density at radius 2 is 2.33 bits per heavy atom. The minimum Gasteiger partial charge on any atom is -0.291 e. The van der Waals surface area contributed by atoms with Crippen molar-refractivity contribution < 1.29 is 0 Å². The van der Waals surface area contributed by atoms with Gasteiger partial charge in [0.25, 0.3) is 5.56 Å². The summed E-state index contributed by atoms with van der Waals surface area (Å²) in [6, 6.07) is 1.23. The summed E-state index contributed by atoms with van der Waals surface area (Å²) in [7, 11) is 1.65. The number of rotatable bonds is 2. The summed E-state index contributed by atoms with van der Waals surface area (Å²) in [6.07, 6.45) is 1.35. The van der Waals surface area contributed by atoms with Gasteiger partial charge in [-0.1, -0.05) is 11.6 Å². The van der Waals surface area contributed by atoms with Crippen LogP contribution in [0.2, 0.25) is 5.15 Å². The normalized spacial score (nSPS) is 10.5. The fourth-order valence-corrected chi connectivity index (χ4v) is 1.20. The van der Waals surface area contributed by atoms with E-state index in [-0.39, 0.29) is 17.3 Å². The first kappa shape index (κ1) is 9.78. The zero-order chi connectivity index (χ0) is 10.8. The summed E-state index contributed by atoms with van der Waals surface area (Å²) < 4.78 is 1.35. The molecular weight excluding hydrogens is 220 g/mol. The van der Waals surface area contributed by atoms with E-state index >= 15 is 0 Å². The number of aryl methyl sites for hydroxylation is 1. The van der Waals surface area contributed by atoms with Gasteiger partial charge >= 0.3 is 0 Å². The lowest BCUT2D eigenvalue weighted by molar-refractivity contribution is 0.623. The highest BCUT2D eigenvalue weighted by molar-refractivity contribution is 6.29. The van der Waals surface area contributed by atoms with Gasteiger partial charge in [0.05, 0.1) is 19.9 Å². The molecule has 2 aromatic rings. The average molecular weight is 227 g/mol. The third-order valence-corrected chi connectivity index (χ3v) is 1.91. The molecule has 0 atom stereocenters. The van der Waals surface area contributed by atoms with Crippen molar-refractivity contribution in [3.05, 3.63) is 33.7 Å². The maximum atomic E-state index is 11.4. The van der Waals surface area contributed by atoms with Crippen molar-refractivity contribution in [2.45, 2.75) is 6.54 Å². The van der Waals surface area contributed by atoms with Crippen LogP contribution in [0.3, 0.4) is 0 Å². The van der Waals surface area contributed by atoms with E-state index in [1.165, 1.54) is 21.8 Å². The molecular formula is C7H7ClN6O. The SMILES string of the molecule is Cn1nnc(Cn2cnc(Cl)cc2=O)n1. The maximum Gasteiger partial charge on any atom is 0.255 e. The van der Waals surface area contributed by atoms with E-state index in [0.29, 0.717) is 5.82 Å². The predicted molar refractivity (Wildman–Crippen MR) is 51.4 cm³/mol. The second kappa shape index (κ2) is 3.77. The summed E-state index contributed by atoms with van der Waals surface area (Å²) in [5.74, 6) is 0.448. The molecule has 2 rings (SSSR count). The highest BCUT2D eigenvalue weighted by Gasteiger charge is 2.03. The molecule has 8 heteroatoms. The van der Waals surface area contributed by atoms with Crippen molar-refractivity contribution in [1.29, 1.82) is 0 Å². The first-order valence-electron chi connectivity index (χ1n) is 4.10. The second-order valence-corrected chi connectivity index (χ2v) is 3.26. The van der Waals surface area contributed by atoms with Gasteiger partial charge in [-0.3, -0.25) is 9.36 Å². The largest absolute Gasteiger partial charge is 0.291 e. The van der Waals surface area contributed by atoms with E-state index in [2.05, 4.69) is 20.4 Å². The quantitative estimate of drug-likeness (QED) is 0.643. The molecule has 0 spiro atoms. The number of nitrogens with zero attached hydrogens (tertiary/aromatic N) is 6. The molecule has 2 heterocycles. The van der Waals surface area contributed by atoms with Crippen molar-refractivity contribution in [2.24, 2.45) is 7.05 Å². The van der Waals surface area contributed by atoms with Gasteiger partial charge in [0.1, 0.15) is 5.15 Å². The van der Waals surface area contributed by atoms with Gasteiger partial charge in [-0.15, -0.1) is 10.2 Å². The minimum atomic E-state index is -0.248. The molecule has 0 amide bonds. The van der Waals surface area contributed by atoms with Crippen LogP contribution in [0.25, 0.3) is 0 Å². The Hall–Kier alpha value is -1.76. The first-order valence-corrected chi connectivity index (χ1v) is 4.48. The number of halogens is 1. The molecule has 0 saturated carbocycles. The lowest BCUT2D eigenvalue weighted by Crippen LogP contribution is -2.20. The van der Waals surface area contributed by atoms with E-state index < -0.39 is 0 Å². The Labute approximate surface area is 89.3 Å². The van der Waals surface area contributed by atoms with Crippen LogP contribution in [0.1, 0.15) is 5.82 Å². The molecule has 0 bridgehead atoms. The van der Waals surface area contributed by atoms with Crippen LogP contribution in [0, 0.1) is 0 Å². The van der Waals surface area contributed by atoms with Gasteiger partial charge in [0, 0.05) is 6.07 Å². The van der Waals surface area contributed by atoms with Crippen LogP contribution in [0.5, 0.6) is 0 Å².